The van der Waals surface area contributed by atoms with Crippen molar-refractivity contribution in [2.24, 2.45) is 13.0 Å². The van der Waals surface area contributed by atoms with Crippen LogP contribution in [0.4, 0.5) is 18.9 Å². The van der Waals surface area contributed by atoms with Crippen LogP contribution < -0.4 is 10.9 Å². The molecule has 0 aliphatic carbocycles. The van der Waals surface area contributed by atoms with Gasteiger partial charge in [0.1, 0.15) is 6.33 Å². The fraction of sp³-hybridized carbons (Fsp3) is 0.273. The summed E-state index contributed by atoms with van der Waals surface area (Å²) in [5.41, 5.74) is 4.35. The van der Waals surface area contributed by atoms with Crippen LogP contribution in [0.1, 0.15) is 48.4 Å². The molecule has 4 aromatic heterocycles. The Morgan fingerprint density at radius 2 is 1.80 bits per heavy atom. The minimum absolute atomic E-state index is 0.0808. The largest absolute Gasteiger partial charge is 0.490 e. The van der Waals surface area contributed by atoms with Gasteiger partial charge in [0.05, 0.1) is 54.1 Å². The van der Waals surface area contributed by atoms with Gasteiger partial charge in [-0.1, -0.05) is 24.9 Å². The molecule has 51 heavy (non-hydrogen) atoms. The van der Waals surface area contributed by atoms with E-state index in [0.29, 0.717) is 52.6 Å². The molecule has 2 atom stereocenters. The summed E-state index contributed by atoms with van der Waals surface area (Å²) in [5, 5.41) is 15.0. The molecule has 18 heteroatoms. The zero-order valence-electron chi connectivity index (χ0n) is 27.3. The van der Waals surface area contributed by atoms with Crippen molar-refractivity contribution in [3.8, 4) is 28.2 Å². The average molecular weight is 727 g/mol. The van der Waals surface area contributed by atoms with Crippen molar-refractivity contribution in [2.45, 2.75) is 38.4 Å². The van der Waals surface area contributed by atoms with E-state index in [2.05, 4.69) is 25.4 Å². The van der Waals surface area contributed by atoms with Gasteiger partial charge in [-0.15, -0.1) is 0 Å². The lowest BCUT2D eigenvalue weighted by Crippen LogP contribution is -2.27. The van der Waals surface area contributed by atoms with Gasteiger partial charge in [0, 0.05) is 47.6 Å². The maximum absolute atomic E-state index is 13.8. The first-order valence-electron chi connectivity index (χ1n) is 15.3. The highest BCUT2D eigenvalue weighted by molar-refractivity contribution is 6.31. The first kappa shape index (κ1) is 36.4. The monoisotopic (exact) mass is 726 g/mol. The number of imidazole rings is 1. The van der Waals surface area contributed by atoms with Gasteiger partial charge in [0.25, 0.3) is 5.56 Å². The number of anilines is 1. The van der Waals surface area contributed by atoms with Crippen molar-refractivity contribution in [1.29, 1.82) is 0 Å². The third-order valence-corrected chi connectivity index (χ3v) is 8.29. The number of hydrogen-bond acceptors (Lipinski definition) is 9. The van der Waals surface area contributed by atoms with Gasteiger partial charge in [-0.25, -0.2) is 19.6 Å². The van der Waals surface area contributed by atoms with Crippen molar-refractivity contribution in [3.63, 3.8) is 0 Å². The fourth-order valence-electron chi connectivity index (χ4n) is 5.48. The number of carbonyl (C=O) groups is 3. The maximum atomic E-state index is 13.8. The number of alkyl halides is 3. The van der Waals surface area contributed by atoms with E-state index in [9.17, 15) is 27.6 Å². The van der Waals surface area contributed by atoms with E-state index in [4.69, 9.17) is 26.2 Å². The molecule has 2 bridgehead atoms. The highest BCUT2D eigenvalue weighted by atomic mass is 35.5. The van der Waals surface area contributed by atoms with Gasteiger partial charge in [-0.3, -0.25) is 23.8 Å². The Bertz CT molecular complexity index is 2160. The molecule has 2 N–H and O–H groups in total. The zero-order chi connectivity index (χ0) is 37.0. The molecule has 14 nitrogen and oxygen atoms in total. The van der Waals surface area contributed by atoms with Crippen LogP contribution in [0.2, 0.25) is 5.02 Å². The molecule has 266 valence electrons. The van der Waals surface area contributed by atoms with Crippen LogP contribution in [0.15, 0.2) is 72.4 Å². The van der Waals surface area contributed by atoms with Crippen LogP contribution in [-0.4, -0.2) is 70.1 Å². The molecule has 0 saturated heterocycles. The minimum atomic E-state index is -5.08. The summed E-state index contributed by atoms with van der Waals surface area (Å²) in [6.07, 6.45) is 4.68. The standard InChI is InChI=1S/C31H29ClN8O4.C2HF3O2/c1-18-5-4-6-27(23-11-19(9-10-33-23)29-24(37-30(18)42)14-36-38(29)2)40-17-35-22(13-28(40)41)21-12-20(32)7-8-26(21)39-15-25(34-16-39)31(43)44-3;3-2(4,5)1(6)7/h7-18,27H,4-6H2,1-3H3,(H,37,42);(H,6,7)/t18-,27+;/m1./s1. The number of aliphatic carboxylic acids is 1. The highest BCUT2D eigenvalue weighted by Crippen LogP contribution is 2.33. The van der Waals surface area contributed by atoms with Gasteiger partial charge in [-0.2, -0.15) is 18.3 Å². The number of aromatic nitrogens is 7. The van der Waals surface area contributed by atoms with Crippen LogP contribution in [0.3, 0.4) is 0 Å². The molecule has 5 aromatic rings. The number of carbonyl (C=O) groups excluding carboxylic acids is 2. The summed E-state index contributed by atoms with van der Waals surface area (Å²) in [7, 11) is 3.10. The number of benzene rings is 1. The Hall–Kier alpha value is -5.84. The van der Waals surface area contributed by atoms with E-state index in [1.54, 1.807) is 44.4 Å². The molecule has 0 saturated carbocycles. The SMILES string of the molecule is COC(=O)c1cn(-c2ccc(Cl)cc2-c2cc(=O)n([C@H]3CCC[C@@H](C)C(=O)Nc4cnn(C)c4-c4ccnc3c4)cn2)cn1.O=C(O)C(F)(F)F. The molecule has 1 aromatic carbocycles. The number of nitrogens with zero attached hydrogens (tertiary/aromatic N) is 7. The van der Waals surface area contributed by atoms with Crippen molar-refractivity contribution in [3.05, 3.63) is 94.4 Å². The molecular formula is C33H30ClF3N8O6. The molecule has 0 spiro atoms. The lowest BCUT2D eigenvalue weighted by atomic mass is 9.97. The number of carboxylic acid groups (broad SMARTS) is 1. The predicted molar refractivity (Wildman–Crippen MR) is 177 cm³/mol. The molecule has 5 heterocycles. The minimum Gasteiger partial charge on any atom is -0.475 e. The Morgan fingerprint density at radius 3 is 2.49 bits per heavy atom. The number of nitrogens with one attached hydrogen (secondary N) is 1. The second-order valence-electron chi connectivity index (χ2n) is 11.5. The number of esters is 1. The second kappa shape index (κ2) is 15.0. The molecular weight excluding hydrogens is 697 g/mol. The van der Waals surface area contributed by atoms with Crippen molar-refractivity contribution >= 4 is 35.1 Å². The van der Waals surface area contributed by atoms with Crippen molar-refractivity contribution < 1.29 is 37.4 Å². The Kier molecular flexibility index (Phi) is 10.7. The van der Waals surface area contributed by atoms with Crippen LogP contribution in [-0.2, 0) is 21.4 Å². The molecule has 1 aliphatic rings. The summed E-state index contributed by atoms with van der Waals surface area (Å²) in [4.78, 5) is 61.1. The van der Waals surface area contributed by atoms with Crippen molar-refractivity contribution in [1.82, 2.24) is 33.9 Å². The number of ether oxygens (including phenoxy) is 1. The Balaban J connectivity index is 0.000000654. The lowest BCUT2D eigenvalue weighted by Gasteiger charge is -2.22. The number of rotatable bonds is 4. The number of aryl methyl sites for hydroxylation is 1. The number of fused-ring (bicyclic) bond motifs is 4. The van der Waals surface area contributed by atoms with E-state index in [-0.39, 0.29) is 23.1 Å². The van der Waals surface area contributed by atoms with E-state index in [0.717, 1.165) is 11.3 Å². The Morgan fingerprint density at radius 1 is 1.06 bits per heavy atom. The summed E-state index contributed by atoms with van der Waals surface area (Å²) >= 11 is 6.36. The quantitative estimate of drug-likeness (QED) is 0.231. The van der Waals surface area contributed by atoms with Crippen LogP contribution in [0.25, 0.3) is 28.2 Å². The topological polar surface area (TPSA) is 176 Å². The molecule has 6 rings (SSSR count). The summed E-state index contributed by atoms with van der Waals surface area (Å²) in [6.45, 7) is 1.89. The van der Waals surface area contributed by atoms with Crippen LogP contribution in [0.5, 0.6) is 0 Å². The number of halogens is 4. The van der Waals surface area contributed by atoms with Gasteiger partial charge in [0.15, 0.2) is 5.69 Å². The zero-order valence-corrected chi connectivity index (χ0v) is 28.0. The normalized spacial score (nSPS) is 16.0. The van der Waals surface area contributed by atoms with Gasteiger partial charge in [-0.05, 0) is 43.2 Å². The smallest absolute Gasteiger partial charge is 0.475 e. The number of hydrogen-bond donors (Lipinski definition) is 2. The van der Waals surface area contributed by atoms with Crippen molar-refractivity contribution in [2.75, 3.05) is 12.4 Å². The molecule has 0 fully saturated rings. The number of pyridine rings is 1. The Labute approximate surface area is 292 Å². The van der Waals surface area contributed by atoms with Gasteiger partial charge < -0.3 is 19.7 Å². The maximum Gasteiger partial charge on any atom is 0.490 e. The van der Waals surface area contributed by atoms with Crippen LogP contribution >= 0.6 is 11.6 Å². The second-order valence-corrected chi connectivity index (χ2v) is 11.9. The highest BCUT2D eigenvalue weighted by Gasteiger charge is 2.38. The number of amides is 1. The molecule has 1 aliphatic heterocycles. The summed E-state index contributed by atoms with van der Waals surface area (Å²) in [5.74, 6) is -3.64. The first-order valence-corrected chi connectivity index (χ1v) is 15.7. The molecule has 0 radical (unpaired) electrons. The van der Waals surface area contributed by atoms with E-state index in [1.165, 1.54) is 32.0 Å². The lowest BCUT2D eigenvalue weighted by molar-refractivity contribution is -0.192. The molecule has 0 unspecified atom stereocenters. The van der Waals surface area contributed by atoms with E-state index >= 15 is 0 Å². The fourth-order valence-corrected chi connectivity index (χ4v) is 5.65. The summed E-state index contributed by atoms with van der Waals surface area (Å²) < 4.78 is 41.4. The number of carboxylic acids is 1. The van der Waals surface area contributed by atoms with E-state index in [1.807, 2.05) is 26.1 Å². The number of methoxy groups -OCH3 is 1. The van der Waals surface area contributed by atoms with Crippen LogP contribution in [0, 0.1) is 5.92 Å². The third-order valence-electron chi connectivity index (χ3n) is 8.06. The molecule has 1 amide bonds. The van der Waals surface area contributed by atoms with E-state index < -0.39 is 24.2 Å². The third kappa shape index (κ3) is 8.15. The predicted octanol–water partition coefficient (Wildman–Crippen LogP) is 5.31. The first-order chi connectivity index (χ1) is 24.2. The van der Waals surface area contributed by atoms with Gasteiger partial charge in [0.2, 0.25) is 5.91 Å². The summed E-state index contributed by atoms with van der Waals surface area (Å²) in [6, 6.07) is 10.00. The van der Waals surface area contributed by atoms with Gasteiger partial charge >= 0.3 is 18.1 Å². The average Bonchev–Trinajstić information content (AvgIpc) is 3.73.